The Kier molecular flexibility index (Phi) is 8.30. The third-order valence-corrected chi connectivity index (χ3v) is 7.34. The zero-order valence-corrected chi connectivity index (χ0v) is 21.1. The van der Waals surface area contributed by atoms with Crippen molar-refractivity contribution in [2.45, 2.75) is 56.4 Å². The van der Waals surface area contributed by atoms with Crippen LogP contribution in [0.3, 0.4) is 0 Å². The maximum atomic E-state index is 13.1. The summed E-state index contributed by atoms with van der Waals surface area (Å²) in [6.45, 7) is 1.90. The zero-order chi connectivity index (χ0) is 25.5. The van der Waals surface area contributed by atoms with Gasteiger partial charge in [-0.25, -0.2) is 9.78 Å². The van der Waals surface area contributed by atoms with Gasteiger partial charge in [0.2, 0.25) is 5.88 Å². The van der Waals surface area contributed by atoms with Crippen LogP contribution in [-0.2, 0) is 27.1 Å². The van der Waals surface area contributed by atoms with Crippen molar-refractivity contribution in [3.63, 3.8) is 0 Å². The van der Waals surface area contributed by atoms with Crippen LogP contribution in [0.15, 0.2) is 64.2 Å². The molecule has 2 N–H and O–H groups in total. The Bertz CT molecular complexity index is 1290. The number of aromatic nitrogens is 1. The molecule has 0 saturated carbocycles. The molecule has 7 nitrogen and oxygen atoms in total. The van der Waals surface area contributed by atoms with E-state index in [-0.39, 0.29) is 29.4 Å². The Morgan fingerprint density at radius 1 is 1.17 bits per heavy atom. The van der Waals surface area contributed by atoms with Crippen molar-refractivity contribution < 1.29 is 14.3 Å². The van der Waals surface area contributed by atoms with Gasteiger partial charge in [-0.05, 0) is 49.8 Å². The maximum absolute atomic E-state index is 13.1. The number of nitriles is 2. The molecule has 1 aromatic heterocycles. The monoisotopic (exact) mass is 500 g/mol. The third-order valence-electron chi connectivity index (χ3n) is 6.35. The quantitative estimate of drug-likeness (QED) is 0.433. The molecule has 0 bridgehead atoms. The number of allylic oxidation sites excluding steroid dienone is 1. The van der Waals surface area contributed by atoms with E-state index < -0.39 is 11.9 Å². The fourth-order valence-corrected chi connectivity index (χ4v) is 5.55. The average molecular weight is 501 g/mol. The van der Waals surface area contributed by atoms with Crippen LogP contribution in [-0.4, -0.2) is 23.3 Å². The van der Waals surface area contributed by atoms with Gasteiger partial charge in [0.05, 0.1) is 29.4 Å². The van der Waals surface area contributed by atoms with Gasteiger partial charge >= 0.3 is 5.97 Å². The van der Waals surface area contributed by atoms with Crippen molar-refractivity contribution in [3.8, 4) is 12.1 Å². The topological polar surface area (TPSA) is 122 Å². The SMILES string of the molecule is CCOC(=O)C1=C(CSc2nc3c(cc2C#N)CCCCCC3)OC(N)=C(C#N)[C@H]1c1ccccc1. The van der Waals surface area contributed by atoms with Gasteiger partial charge in [-0.15, -0.1) is 0 Å². The molecule has 1 aliphatic heterocycles. The van der Waals surface area contributed by atoms with E-state index >= 15 is 0 Å². The first-order valence-corrected chi connectivity index (χ1v) is 13.1. The van der Waals surface area contributed by atoms with Crippen LogP contribution in [0, 0.1) is 22.7 Å². The summed E-state index contributed by atoms with van der Waals surface area (Å²) in [5, 5.41) is 20.3. The number of benzene rings is 1. The van der Waals surface area contributed by atoms with E-state index in [2.05, 4.69) is 12.1 Å². The van der Waals surface area contributed by atoms with Crippen molar-refractivity contribution >= 4 is 17.7 Å². The molecule has 8 heteroatoms. The second kappa shape index (κ2) is 11.8. The second-order valence-corrected chi connectivity index (χ2v) is 9.62. The standard InChI is InChI=1S/C28H28N4O3S/c1-2-34-28(33)25-23(35-26(31)21(16-30)24(25)18-10-7-5-8-11-18)17-36-27-20(15-29)14-19-12-6-3-4-9-13-22(19)32-27/h5,7-8,10-11,14,24H,2-4,6,9,12-13,17,31H2,1H3/t24-/m1/s1. The Balaban J connectivity index is 1.73. The van der Waals surface area contributed by atoms with Gasteiger partial charge in [0.15, 0.2) is 0 Å². The normalized spacial score (nSPS) is 17.7. The lowest BCUT2D eigenvalue weighted by molar-refractivity contribution is -0.139. The number of carbonyl (C=O) groups excluding carboxylic acids is 1. The number of carbonyl (C=O) groups is 1. The van der Waals surface area contributed by atoms with Crippen molar-refractivity contribution in [2.75, 3.05) is 12.4 Å². The molecule has 1 aromatic carbocycles. The summed E-state index contributed by atoms with van der Waals surface area (Å²) in [5.41, 5.74) is 9.99. The molecule has 184 valence electrons. The van der Waals surface area contributed by atoms with E-state index in [0.29, 0.717) is 16.3 Å². The summed E-state index contributed by atoms with van der Waals surface area (Å²) in [7, 11) is 0. The molecular formula is C28H28N4O3S. The lowest BCUT2D eigenvalue weighted by atomic mass is 9.83. The van der Waals surface area contributed by atoms with E-state index in [9.17, 15) is 15.3 Å². The molecule has 0 fully saturated rings. The molecule has 0 unspecified atom stereocenters. The minimum atomic E-state index is -0.709. The maximum Gasteiger partial charge on any atom is 0.338 e. The van der Waals surface area contributed by atoms with Crippen LogP contribution in [0.4, 0.5) is 0 Å². The van der Waals surface area contributed by atoms with E-state index in [0.717, 1.165) is 42.5 Å². The molecule has 2 aromatic rings. The molecule has 1 aliphatic carbocycles. The Hall–Kier alpha value is -3.75. The summed E-state index contributed by atoms with van der Waals surface area (Å²) >= 11 is 1.33. The number of aryl methyl sites for hydroxylation is 2. The van der Waals surface area contributed by atoms with Crippen molar-refractivity contribution in [1.29, 1.82) is 10.5 Å². The van der Waals surface area contributed by atoms with Crippen LogP contribution in [0.5, 0.6) is 0 Å². The molecule has 4 rings (SSSR count). The number of pyridine rings is 1. The number of nitrogens with two attached hydrogens (primary N) is 1. The summed E-state index contributed by atoms with van der Waals surface area (Å²) in [6.07, 6.45) is 6.38. The third kappa shape index (κ3) is 5.40. The van der Waals surface area contributed by atoms with Crippen molar-refractivity contribution in [1.82, 2.24) is 4.98 Å². The highest BCUT2D eigenvalue weighted by atomic mass is 32.2. The van der Waals surface area contributed by atoms with Crippen LogP contribution >= 0.6 is 11.8 Å². The summed E-state index contributed by atoms with van der Waals surface area (Å²) < 4.78 is 11.2. The minimum Gasteiger partial charge on any atom is -0.463 e. The van der Waals surface area contributed by atoms with Gasteiger partial charge in [-0.3, -0.25) is 0 Å². The molecule has 2 aliphatic rings. The minimum absolute atomic E-state index is 0.0401. The number of hydrogen-bond acceptors (Lipinski definition) is 8. The van der Waals surface area contributed by atoms with Crippen LogP contribution < -0.4 is 5.73 Å². The van der Waals surface area contributed by atoms with E-state index in [4.69, 9.17) is 20.2 Å². The molecule has 0 saturated heterocycles. The Labute approximate surface area is 215 Å². The Morgan fingerprint density at radius 2 is 1.92 bits per heavy atom. The fraction of sp³-hybridized carbons (Fsp3) is 0.357. The predicted octanol–water partition coefficient (Wildman–Crippen LogP) is 5.03. The lowest BCUT2D eigenvalue weighted by Gasteiger charge is -2.28. The second-order valence-electron chi connectivity index (χ2n) is 8.65. The highest BCUT2D eigenvalue weighted by Gasteiger charge is 2.37. The van der Waals surface area contributed by atoms with Gasteiger partial charge in [-0.1, -0.05) is 54.9 Å². The molecule has 0 radical (unpaired) electrons. The molecule has 0 amide bonds. The largest absolute Gasteiger partial charge is 0.463 e. The van der Waals surface area contributed by atoms with E-state index in [1.807, 2.05) is 36.4 Å². The van der Waals surface area contributed by atoms with Gasteiger partial charge < -0.3 is 15.2 Å². The molecule has 0 spiro atoms. The summed E-state index contributed by atoms with van der Waals surface area (Å²) in [4.78, 5) is 18.0. The highest BCUT2D eigenvalue weighted by molar-refractivity contribution is 7.99. The van der Waals surface area contributed by atoms with E-state index in [1.54, 1.807) is 6.92 Å². The predicted molar refractivity (Wildman–Crippen MR) is 136 cm³/mol. The average Bonchev–Trinajstić information content (AvgIpc) is 2.88. The number of thioether (sulfide) groups is 1. The summed E-state index contributed by atoms with van der Waals surface area (Å²) in [6, 6.07) is 15.6. The van der Waals surface area contributed by atoms with Gasteiger partial charge in [0, 0.05) is 5.69 Å². The smallest absolute Gasteiger partial charge is 0.338 e. The van der Waals surface area contributed by atoms with Gasteiger partial charge in [0.1, 0.15) is 28.5 Å². The first-order valence-electron chi connectivity index (χ1n) is 12.2. The highest BCUT2D eigenvalue weighted by Crippen LogP contribution is 2.41. The molecule has 1 atom stereocenters. The Morgan fingerprint density at radius 3 is 2.61 bits per heavy atom. The van der Waals surface area contributed by atoms with Crippen molar-refractivity contribution in [3.05, 3.63) is 81.6 Å². The molecule has 36 heavy (non-hydrogen) atoms. The summed E-state index contributed by atoms with van der Waals surface area (Å²) in [5.74, 6) is -0.798. The van der Waals surface area contributed by atoms with Crippen molar-refractivity contribution in [2.24, 2.45) is 5.73 Å². The number of nitrogens with zero attached hydrogens (tertiary/aromatic N) is 3. The zero-order valence-electron chi connectivity index (χ0n) is 20.3. The van der Waals surface area contributed by atoms with Crippen LogP contribution in [0.2, 0.25) is 0 Å². The van der Waals surface area contributed by atoms with Crippen LogP contribution in [0.25, 0.3) is 0 Å². The number of hydrogen-bond donors (Lipinski definition) is 1. The lowest BCUT2D eigenvalue weighted by Crippen LogP contribution is -2.27. The fourth-order valence-electron chi connectivity index (χ4n) is 4.63. The number of esters is 1. The first kappa shape index (κ1) is 25.3. The number of fused-ring (bicyclic) bond motifs is 1. The van der Waals surface area contributed by atoms with E-state index in [1.165, 1.54) is 24.6 Å². The number of rotatable bonds is 6. The number of ether oxygens (including phenoxy) is 2. The van der Waals surface area contributed by atoms with Crippen LogP contribution in [0.1, 0.15) is 60.9 Å². The first-order chi connectivity index (χ1) is 17.6. The molecule has 2 heterocycles. The molecular weight excluding hydrogens is 472 g/mol. The van der Waals surface area contributed by atoms with Gasteiger partial charge in [0.25, 0.3) is 0 Å². The van der Waals surface area contributed by atoms with Gasteiger partial charge in [-0.2, -0.15) is 10.5 Å².